The van der Waals surface area contributed by atoms with E-state index in [2.05, 4.69) is 11.4 Å². The Hall–Kier alpha value is -1.82. The van der Waals surface area contributed by atoms with E-state index < -0.39 is 18.8 Å². The normalized spacial score (nSPS) is 15.0. The second-order valence-electron chi connectivity index (χ2n) is 4.65. The van der Waals surface area contributed by atoms with E-state index in [9.17, 15) is 15.2 Å². The van der Waals surface area contributed by atoms with Crippen LogP contribution in [0.1, 0.15) is 16.0 Å². The number of hydrogen-bond acceptors (Lipinski definition) is 7. The second-order valence-corrected chi connectivity index (χ2v) is 5.76. The number of carbonyl (C=O) groups is 1. The molecule has 2 heterocycles. The van der Waals surface area contributed by atoms with Crippen LogP contribution >= 0.6 is 11.3 Å². The number of ether oxygens (including phenoxy) is 1. The van der Waals surface area contributed by atoms with Crippen molar-refractivity contribution in [3.05, 3.63) is 16.0 Å². The molecule has 0 bridgehead atoms. The number of fused-ring (bicyclic) bond motifs is 1. The van der Waals surface area contributed by atoms with Gasteiger partial charge in [0.1, 0.15) is 23.8 Å². The van der Waals surface area contributed by atoms with Crippen LogP contribution in [0.5, 0.6) is 0 Å². The lowest BCUT2D eigenvalue weighted by Gasteiger charge is -2.26. The Labute approximate surface area is 126 Å². The number of nitrogens with one attached hydrogen (secondary N) is 1. The number of hydrogen-bond donors (Lipinski definition) is 3. The predicted molar refractivity (Wildman–Crippen MR) is 77.1 cm³/mol. The number of aliphatic hydroxyl groups excluding tert-OH is 2. The van der Waals surface area contributed by atoms with Crippen LogP contribution in [-0.2, 0) is 17.7 Å². The number of anilines is 1. The maximum atomic E-state index is 11.9. The summed E-state index contributed by atoms with van der Waals surface area (Å²) in [4.78, 5) is 14.4. The smallest absolute Gasteiger partial charge is 0.410 e. The second kappa shape index (κ2) is 6.76. The van der Waals surface area contributed by atoms with Crippen molar-refractivity contribution in [2.24, 2.45) is 0 Å². The Morgan fingerprint density at radius 3 is 3.05 bits per heavy atom. The van der Waals surface area contributed by atoms with Gasteiger partial charge in [0.2, 0.25) is 0 Å². The number of nitriles is 1. The molecule has 2 rings (SSSR count). The minimum absolute atomic E-state index is 0.228. The Kier molecular flexibility index (Phi) is 5.01. The third-order valence-electron chi connectivity index (χ3n) is 3.26. The lowest BCUT2D eigenvalue weighted by Crippen LogP contribution is -2.37. The van der Waals surface area contributed by atoms with Crippen molar-refractivity contribution < 1.29 is 19.7 Å². The molecule has 0 aliphatic carbocycles. The summed E-state index contributed by atoms with van der Waals surface area (Å²) in [7, 11) is 1.76. The molecule has 1 aliphatic heterocycles. The maximum absolute atomic E-state index is 11.9. The number of thiophene rings is 1. The van der Waals surface area contributed by atoms with Gasteiger partial charge in [-0.3, -0.25) is 0 Å². The third kappa shape index (κ3) is 3.26. The summed E-state index contributed by atoms with van der Waals surface area (Å²) >= 11 is 1.46. The van der Waals surface area contributed by atoms with Crippen molar-refractivity contribution in [2.45, 2.75) is 19.1 Å². The van der Waals surface area contributed by atoms with Crippen molar-refractivity contribution in [2.75, 3.05) is 32.1 Å². The molecule has 1 unspecified atom stereocenters. The molecule has 8 heteroatoms. The number of amides is 1. The van der Waals surface area contributed by atoms with Crippen LogP contribution in [0.2, 0.25) is 0 Å². The van der Waals surface area contributed by atoms with Gasteiger partial charge in [0.25, 0.3) is 0 Å². The summed E-state index contributed by atoms with van der Waals surface area (Å²) < 4.78 is 4.94. The Balaban J connectivity index is 2.04. The van der Waals surface area contributed by atoms with Gasteiger partial charge in [-0.2, -0.15) is 5.26 Å². The summed E-state index contributed by atoms with van der Waals surface area (Å²) in [6.07, 6.45) is -0.975. The van der Waals surface area contributed by atoms with Crippen molar-refractivity contribution in [3.63, 3.8) is 0 Å². The van der Waals surface area contributed by atoms with E-state index in [0.29, 0.717) is 25.1 Å². The summed E-state index contributed by atoms with van der Waals surface area (Å²) in [6, 6.07) is 2.20. The molecule has 0 aromatic carbocycles. The largest absolute Gasteiger partial charge is 0.447 e. The first-order valence-electron chi connectivity index (χ1n) is 6.53. The summed E-state index contributed by atoms with van der Waals surface area (Å²) in [5.41, 5.74) is 1.65. The predicted octanol–water partition coefficient (Wildman–Crippen LogP) is 0.509. The van der Waals surface area contributed by atoms with Crippen LogP contribution < -0.4 is 5.32 Å². The van der Waals surface area contributed by atoms with E-state index in [0.717, 1.165) is 15.4 Å². The number of carbonyl (C=O) groups excluding carboxylic acids is 1. The molecule has 0 radical (unpaired) electrons. The molecule has 1 atom stereocenters. The SMILES string of the molecule is CNc1sc2c(c1C#N)CCN(C(=O)OCC(O)CO)C2. The van der Waals surface area contributed by atoms with Crippen molar-refractivity contribution in [1.82, 2.24) is 4.90 Å². The molecule has 1 aromatic rings. The zero-order valence-corrected chi connectivity index (χ0v) is 12.4. The molecule has 1 amide bonds. The van der Waals surface area contributed by atoms with Gasteiger partial charge in [0.15, 0.2) is 0 Å². The van der Waals surface area contributed by atoms with Crippen molar-refractivity contribution in [3.8, 4) is 6.07 Å². The van der Waals surface area contributed by atoms with E-state index in [4.69, 9.17) is 9.84 Å². The van der Waals surface area contributed by atoms with Crippen LogP contribution in [0.15, 0.2) is 0 Å². The Morgan fingerprint density at radius 2 is 2.43 bits per heavy atom. The molecule has 0 saturated carbocycles. The number of nitrogens with zero attached hydrogens (tertiary/aromatic N) is 2. The summed E-state index contributed by atoms with van der Waals surface area (Å²) in [5, 5.41) is 30.9. The Bertz CT molecular complexity index is 566. The topological polar surface area (TPSA) is 106 Å². The zero-order chi connectivity index (χ0) is 15.4. The van der Waals surface area contributed by atoms with Crippen molar-refractivity contribution >= 4 is 22.4 Å². The van der Waals surface area contributed by atoms with Gasteiger partial charge in [-0.1, -0.05) is 0 Å². The van der Waals surface area contributed by atoms with Crippen LogP contribution in [0.3, 0.4) is 0 Å². The average Bonchev–Trinajstić information content (AvgIpc) is 2.88. The highest BCUT2D eigenvalue weighted by atomic mass is 32.1. The molecule has 0 spiro atoms. The Morgan fingerprint density at radius 1 is 1.67 bits per heavy atom. The first-order chi connectivity index (χ1) is 10.1. The van der Waals surface area contributed by atoms with E-state index in [-0.39, 0.29) is 6.61 Å². The molecule has 1 aliphatic rings. The molecular formula is C13H17N3O4S. The molecule has 114 valence electrons. The van der Waals surface area contributed by atoms with E-state index >= 15 is 0 Å². The number of rotatable bonds is 4. The molecule has 7 nitrogen and oxygen atoms in total. The van der Waals surface area contributed by atoms with Crippen LogP contribution in [0.4, 0.5) is 9.80 Å². The summed E-state index contributed by atoms with van der Waals surface area (Å²) in [6.45, 7) is 0.188. The van der Waals surface area contributed by atoms with Gasteiger partial charge < -0.3 is 25.2 Å². The van der Waals surface area contributed by atoms with Gasteiger partial charge >= 0.3 is 6.09 Å². The highest BCUT2D eigenvalue weighted by molar-refractivity contribution is 7.16. The van der Waals surface area contributed by atoms with E-state index in [1.165, 1.54) is 16.2 Å². The molecular weight excluding hydrogens is 294 g/mol. The van der Waals surface area contributed by atoms with Crippen LogP contribution in [0, 0.1) is 11.3 Å². The fourth-order valence-corrected chi connectivity index (χ4v) is 3.33. The van der Waals surface area contributed by atoms with E-state index in [1.807, 2.05) is 0 Å². The molecule has 21 heavy (non-hydrogen) atoms. The zero-order valence-electron chi connectivity index (χ0n) is 11.6. The highest BCUT2D eigenvalue weighted by Crippen LogP contribution is 2.36. The van der Waals surface area contributed by atoms with Crippen LogP contribution in [-0.4, -0.2) is 54.1 Å². The van der Waals surface area contributed by atoms with Gasteiger partial charge in [0.05, 0.1) is 18.7 Å². The molecule has 0 fully saturated rings. The monoisotopic (exact) mass is 311 g/mol. The minimum Gasteiger partial charge on any atom is -0.447 e. The van der Waals surface area contributed by atoms with Gasteiger partial charge in [-0.05, 0) is 12.0 Å². The first kappa shape index (κ1) is 15.6. The van der Waals surface area contributed by atoms with Crippen molar-refractivity contribution in [1.29, 1.82) is 5.26 Å². The quantitative estimate of drug-likeness (QED) is 0.748. The first-order valence-corrected chi connectivity index (χ1v) is 7.35. The molecule has 1 aromatic heterocycles. The maximum Gasteiger partial charge on any atom is 0.410 e. The number of aliphatic hydroxyl groups is 2. The third-order valence-corrected chi connectivity index (χ3v) is 4.50. The fraction of sp³-hybridized carbons (Fsp3) is 0.538. The molecule has 0 saturated heterocycles. The summed E-state index contributed by atoms with van der Waals surface area (Å²) in [5.74, 6) is 0. The standard InChI is InChI=1S/C13H17N3O4S/c1-15-12-10(4-14)9-2-3-16(5-11(9)21-12)13(19)20-7-8(18)6-17/h8,15,17-18H,2-3,5-7H2,1H3. The highest BCUT2D eigenvalue weighted by Gasteiger charge is 2.27. The van der Waals surface area contributed by atoms with Gasteiger partial charge in [-0.15, -0.1) is 11.3 Å². The average molecular weight is 311 g/mol. The van der Waals surface area contributed by atoms with Gasteiger partial charge in [0, 0.05) is 18.5 Å². The van der Waals surface area contributed by atoms with Crippen LogP contribution in [0.25, 0.3) is 0 Å². The van der Waals surface area contributed by atoms with Gasteiger partial charge in [-0.25, -0.2) is 4.79 Å². The minimum atomic E-state index is -1.06. The lowest BCUT2D eigenvalue weighted by molar-refractivity contribution is 0.0188. The van der Waals surface area contributed by atoms with E-state index in [1.54, 1.807) is 7.05 Å². The lowest BCUT2D eigenvalue weighted by atomic mass is 10.0. The molecule has 3 N–H and O–H groups in total. The fourth-order valence-electron chi connectivity index (χ4n) is 2.17.